The highest BCUT2D eigenvalue weighted by molar-refractivity contribution is 8.04. The van der Waals surface area contributed by atoms with Crippen LogP contribution in [0.25, 0.3) is 0 Å². The number of hydrogen-bond acceptors (Lipinski definition) is 2. The standard InChI is InChI=1S/C25H39O2PSi/c1-8-10-12-20-14-18(3)24(26)22(16-20)28(29(5,6)7)23-17-21(13-11-9-2)15-19(4)25(23)27/h14-17,26-27H,8-13H2,1-7H3. The van der Waals surface area contributed by atoms with E-state index < -0.39 is 15.2 Å². The second kappa shape index (κ2) is 10.1. The van der Waals surface area contributed by atoms with E-state index in [4.69, 9.17) is 0 Å². The van der Waals surface area contributed by atoms with Crippen LogP contribution >= 0.6 is 7.47 Å². The summed E-state index contributed by atoms with van der Waals surface area (Å²) in [6.07, 6.45) is 6.73. The van der Waals surface area contributed by atoms with E-state index in [-0.39, 0.29) is 0 Å². The lowest BCUT2D eigenvalue weighted by Crippen LogP contribution is -2.31. The van der Waals surface area contributed by atoms with Crippen molar-refractivity contribution in [3.05, 3.63) is 46.5 Å². The van der Waals surface area contributed by atoms with Gasteiger partial charge in [0.2, 0.25) is 0 Å². The average Bonchev–Trinajstić information content (AvgIpc) is 2.64. The molecule has 0 fully saturated rings. The third-order valence-electron chi connectivity index (χ3n) is 5.47. The first kappa shape index (κ1) is 24.0. The lowest BCUT2D eigenvalue weighted by molar-refractivity contribution is 0.474. The summed E-state index contributed by atoms with van der Waals surface area (Å²) < 4.78 is 0. The Hall–Kier alpha value is -1.31. The monoisotopic (exact) mass is 430 g/mol. The molecule has 2 aromatic carbocycles. The van der Waals surface area contributed by atoms with Gasteiger partial charge >= 0.3 is 0 Å². The van der Waals surface area contributed by atoms with Crippen molar-refractivity contribution in [2.75, 3.05) is 0 Å². The molecule has 2 rings (SSSR count). The van der Waals surface area contributed by atoms with E-state index >= 15 is 0 Å². The van der Waals surface area contributed by atoms with Crippen LogP contribution in [-0.2, 0) is 12.8 Å². The second-order valence-electron chi connectivity index (χ2n) is 9.27. The van der Waals surface area contributed by atoms with E-state index in [0.29, 0.717) is 11.5 Å². The van der Waals surface area contributed by atoms with Gasteiger partial charge in [-0.2, -0.15) is 0 Å². The third kappa shape index (κ3) is 5.86. The highest BCUT2D eigenvalue weighted by atomic mass is 31.4. The van der Waals surface area contributed by atoms with Gasteiger partial charge in [0.05, 0.1) is 7.74 Å². The number of phenols is 2. The Labute approximate surface area is 180 Å². The van der Waals surface area contributed by atoms with Crippen molar-refractivity contribution >= 4 is 25.8 Å². The van der Waals surface area contributed by atoms with Crippen LogP contribution in [0.4, 0.5) is 0 Å². The van der Waals surface area contributed by atoms with Crippen molar-refractivity contribution in [3.8, 4) is 11.5 Å². The number of aryl methyl sites for hydroxylation is 4. The minimum Gasteiger partial charge on any atom is -0.507 e. The third-order valence-corrected chi connectivity index (χ3v) is 13.9. The minimum absolute atomic E-state index is 0.426. The van der Waals surface area contributed by atoms with Crippen LogP contribution in [0.5, 0.6) is 11.5 Å². The van der Waals surface area contributed by atoms with Gasteiger partial charge < -0.3 is 10.2 Å². The molecular formula is C25H39O2PSi. The summed E-state index contributed by atoms with van der Waals surface area (Å²) in [7, 11) is -2.53. The SMILES string of the molecule is CCCCc1cc(C)c(O)c(P(c2cc(CCCC)cc(C)c2O)[Si](C)(C)C)c1. The van der Waals surface area contributed by atoms with E-state index in [2.05, 4.69) is 57.8 Å². The molecule has 4 heteroatoms. The molecule has 0 spiro atoms. The number of hydrogen-bond donors (Lipinski definition) is 2. The molecule has 0 aromatic heterocycles. The summed E-state index contributed by atoms with van der Waals surface area (Å²) in [5.41, 5.74) is 4.53. The predicted octanol–water partition coefficient (Wildman–Crippen LogP) is 6.67. The zero-order valence-electron chi connectivity index (χ0n) is 19.4. The van der Waals surface area contributed by atoms with Gasteiger partial charge in [0.15, 0.2) is 0 Å². The quantitative estimate of drug-likeness (QED) is 0.345. The molecule has 0 saturated heterocycles. The molecule has 0 bridgehead atoms. The van der Waals surface area contributed by atoms with E-state index in [0.717, 1.165) is 60.3 Å². The van der Waals surface area contributed by atoms with Crippen molar-refractivity contribution < 1.29 is 10.2 Å². The number of unbranched alkanes of at least 4 members (excludes halogenated alkanes) is 2. The van der Waals surface area contributed by atoms with Gasteiger partial charge in [-0.1, -0.05) is 65.9 Å². The van der Waals surface area contributed by atoms with Crippen molar-refractivity contribution in [1.29, 1.82) is 0 Å². The van der Waals surface area contributed by atoms with Crippen LogP contribution in [0.1, 0.15) is 61.8 Å². The Balaban J connectivity index is 2.68. The molecule has 2 aromatic rings. The minimum atomic E-state index is -1.74. The van der Waals surface area contributed by atoms with E-state index in [1.807, 2.05) is 13.8 Å². The average molecular weight is 431 g/mol. The smallest absolute Gasteiger partial charge is 0.126 e. The molecule has 0 aliphatic carbocycles. The maximum absolute atomic E-state index is 11.1. The van der Waals surface area contributed by atoms with Crippen LogP contribution < -0.4 is 10.6 Å². The van der Waals surface area contributed by atoms with Gasteiger partial charge in [-0.3, -0.25) is 0 Å². The molecule has 0 heterocycles. The van der Waals surface area contributed by atoms with Crippen LogP contribution in [0.15, 0.2) is 24.3 Å². The molecule has 0 saturated carbocycles. The number of benzene rings is 2. The number of phenolic OH excluding ortho intramolecular Hbond substituents is 2. The summed E-state index contributed by atoms with van der Waals surface area (Å²) in [6.45, 7) is 15.5. The topological polar surface area (TPSA) is 40.5 Å². The normalized spacial score (nSPS) is 12.0. The molecule has 0 unspecified atom stereocenters. The summed E-state index contributed by atoms with van der Waals surface area (Å²) in [5, 5.41) is 24.3. The molecule has 2 nitrogen and oxygen atoms in total. The fourth-order valence-electron chi connectivity index (χ4n) is 3.91. The lowest BCUT2D eigenvalue weighted by Gasteiger charge is -2.33. The Bertz CT molecular complexity index is 776. The lowest BCUT2D eigenvalue weighted by atomic mass is 10.1. The number of aromatic hydroxyl groups is 2. The molecule has 0 aliphatic rings. The van der Waals surface area contributed by atoms with Crippen molar-refractivity contribution in [2.45, 2.75) is 85.9 Å². The Morgan fingerprint density at radius 1 is 0.724 bits per heavy atom. The van der Waals surface area contributed by atoms with Crippen LogP contribution in [0.2, 0.25) is 19.6 Å². The van der Waals surface area contributed by atoms with Gasteiger partial charge in [-0.25, -0.2) is 0 Å². The maximum atomic E-state index is 11.1. The Morgan fingerprint density at radius 2 is 1.10 bits per heavy atom. The summed E-state index contributed by atoms with van der Waals surface area (Å²) in [5.74, 6) is 0.851. The number of rotatable bonds is 9. The fraction of sp³-hybridized carbons (Fsp3) is 0.520. The zero-order chi connectivity index (χ0) is 21.8. The molecule has 29 heavy (non-hydrogen) atoms. The Kier molecular flexibility index (Phi) is 8.37. The highest BCUT2D eigenvalue weighted by Gasteiger charge is 2.34. The molecule has 0 amide bonds. The highest BCUT2D eigenvalue weighted by Crippen LogP contribution is 2.50. The first-order chi connectivity index (χ1) is 13.6. The molecule has 160 valence electrons. The van der Waals surface area contributed by atoms with Gasteiger partial charge in [0.1, 0.15) is 11.5 Å². The first-order valence-electron chi connectivity index (χ1n) is 11.0. The summed E-state index contributed by atoms with van der Waals surface area (Å²) in [6, 6.07) is 8.73. The van der Waals surface area contributed by atoms with Crippen molar-refractivity contribution in [1.82, 2.24) is 0 Å². The first-order valence-corrected chi connectivity index (χ1v) is 16.7. The van der Waals surface area contributed by atoms with E-state index in [9.17, 15) is 10.2 Å². The van der Waals surface area contributed by atoms with E-state index in [1.165, 1.54) is 11.1 Å². The molecule has 0 atom stereocenters. The van der Waals surface area contributed by atoms with Gasteiger partial charge in [-0.05, 0) is 73.9 Å². The van der Waals surface area contributed by atoms with Gasteiger partial charge in [-0.15, -0.1) is 0 Å². The largest absolute Gasteiger partial charge is 0.507 e. The van der Waals surface area contributed by atoms with Crippen molar-refractivity contribution in [3.63, 3.8) is 0 Å². The van der Waals surface area contributed by atoms with Gasteiger partial charge in [0.25, 0.3) is 0 Å². The molecular weight excluding hydrogens is 391 g/mol. The van der Waals surface area contributed by atoms with Crippen LogP contribution in [0.3, 0.4) is 0 Å². The maximum Gasteiger partial charge on any atom is 0.126 e. The van der Waals surface area contributed by atoms with Crippen molar-refractivity contribution in [2.24, 2.45) is 0 Å². The van der Waals surface area contributed by atoms with Crippen LogP contribution in [-0.4, -0.2) is 18.0 Å². The fourth-order valence-corrected chi connectivity index (χ4v) is 12.3. The molecule has 2 N–H and O–H groups in total. The molecule has 0 radical (unpaired) electrons. The van der Waals surface area contributed by atoms with E-state index in [1.54, 1.807) is 0 Å². The predicted molar refractivity (Wildman–Crippen MR) is 132 cm³/mol. The van der Waals surface area contributed by atoms with Crippen LogP contribution in [0, 0.1) is 13.8 Å². The second-order valence-corrected chi connectivity index (χ2v) is 20.6. The summed E-state index contributed by atoms with van der Waals surface area (Å²) in [4.78, 5) is 0. The Morgan fingerprint density at radius 3 is 1.41 bits per heavy atom. The zero-order valence-corrected chi connectivity index (χ0v) is 21.3. The van der Waals surface area contributed by atoms with Gasteiger partial charge in [0, 0.05) is 10.6 Å². The molecule has 0 aliphatic heterocycles. The summed E-state index contributed by atoms with van der Waals surface area (Å²) >= 11 is 0.